The van der Waals surface area contributed by atoms with Crippen LogP contribution in [0.5, 0.6) is 0 Å². The van der Waals surface area contributed by atoms with Gasteiger partial charge in [0.2, 0.25) is 0 Å². The van der Waals surface area contributed by atoms with Gasteiger partial charge in [-0.3, -0.25) is 4.90 Å². The van der Waals surface area contributed by atoms with E-state index in [2.05, 4.69) is 63.8 Å². The largest absolute Gasteiger partial charge is 0.369 e. The van der Waals surface area contributed by atoms with Gasteiger partial charge in [0.25, 0.3) is 0 Å². The number of rotatable bonds is 4. The van der Waals surface area contributed by atoms with Crippen LogP contribution in [-0.2, 0) is 5.33 Å². The standard InChI is InChI=1S/C15H23BrN2/c1-13(2)12-17-7-9-18(10-8-17)15-6-4-3-5-14(15)11-16/h3-6,13H,7-12H2,1-2H3. The number of halogens is 1. The smallest absolute Gasteiger partial charge is 0.0408 e. The van der Waals surface area contributed by atoms with E-state index in [1.165, 1.54) is 30.9 Å². The van der Waals surface area contributed by atoms with Gasteiger partial charge in [-0.15, -0.1) is 0 Å². The molecule has 0 N–H and O–H groups in total. The minimum atomic E-state index is 0.770. The molecule has 2 rings (SSSR count). The zero-order chi connectivity index (χ0) is 13.0. The fraction of sp³-hybridized carbons (Fsp3) is 0.600. The fourth-order valence-corrected chi connectivity index (χ4v) is 3.09. The van der Waals surface area contributed by atoms with E-state index in [0.29, 0.717) is 0 Å². The second kappa shape index (κ2) is 6.58. The van der Waals surface area contributed by atoms with Crippen molar-refractivity contribution in [2.45, 2.75) is 19.2 Å². The molecule has 0 bridgehead atoms. The van der Waals surface area contributed by atoms with Crippen LogP contribution in [-0.4, -0.2) is 37.6 Å². The maximum Gasteiger partial charge on any atom is 0.0408 e. The average Bonchev–Trinajstić information content (AvgIpc) is 2.39. The van der Waals surface area contributed by atoms with E-state index in [9.17, 15) is 0 Å². The van der Waals surface area contributed by atoms with Crippen LogP contribution in [0.2, 0.25) is 0 Å². The number of para-hydroxylation sites is 1. The Balaban J connectivity index is 1.97. The van der Waals surface area contributed by atoms with Gasteiger partial charge in [-0.25, -0.2) is 0 Å². The highest BCUT2D eigenvalue weighted by molar-refractivity contribution is 9.08. The minimum Gasteiger partial charge on any atom is -0.369 e. The molecule has 0 spiro atoms. The van der Waals surface area contributed by atoms with Crippen LogP contribution in [0.3, 0.4) is 0 Å². The summed E-state index contributed by atoms with van der Waals surface area (Å²) in [6.45, 7) is 10.5. The minimum absolute atomic E-state index is 0.770. The van der Waals surface area contributed by atoms with Crippen LogP contribution in [0.1, 0.15) is 19.4 Å². The van der Waals surface area contributed by atoms with Gasteiger partial charge < -0.3 is 4.90 Å². The van der Waals surface area contributed by atoms with Crippen molar-refractivity contribution in [3.05, 3.63) is 29.8 Å². The molecule has 0 amide bonds. The van der Waals surface area contributed by atoms with Crippen molar-refractivity contribution < 1.29 is 0 Å². The lowest BCUT2D eigenvalue weighted by molar-refractivity contribution is 0.231. The molecule has 0 atom stereocenters. The number of alkyl halides is 1. The van der Waals surface area contributed by atoms with Crippen molar-refractivity contribution in [1.29, 1.82) is 0 Å². The summed E-state index contributed by atoms with van der Waals surface area (Å²) in [6, 6.07) is 8.72. The van der Waals surface area contributed by atoms with E-state index in [1.54, 1.807) is 0 Å². The molecule has 0 aromatic heterocycles. The van der Waals surface area contributed by atoms with E-state index in [-0.39, 0.29) is 0 Å². The van der Waals surface area contributed by atoms with E-state index in [4.69, 9.17) is 0 Å². The molecule has 2 nitrogen and oxygen atoms in total. The number of anilines is 1. The lowest BCUT2D eigenvalue weighted by Crippen LogP contribution is -2.47. The molecule has 1 saturated heterocycles. The van der Waals surface area contributed by atoms with Crippen LogP contribution in [0.4, 0.5) is 5.69 Å². The molecule has 3 heteroatoms. The van der Waals surface area contributed by atoms with Gasteiger partial charge in [0, 0.05) is 43.7 Å². The lowest BCUT2D eigenvalue weighted by atomic mass is 10.1. The molecule has 0 aliphatic carbocycles. The molecular formula is C15H23BrN2. The Bertz CT molecular complexity index is 371. The number of piperazine rings is 1. The van der Waals surface area contributed by atoms with Gasteiger partial charge in [0.1, 0.15) is 0 Å². The molecule has 1 aliphatic rings. The first-order valence-electron chi connectivity index (χ1n) is 6.82. The maximum absolute atomic E-state index is 3.58. The third-order valence-corrected chi connectivity index (χ3v) is 4.08. The van der Waals surface area contributed by atoms with Gasteiger partial charge in [-0.05, 0) is 17.5 Å². The predicted molar refractivity (Wildman–Crippen MR) is 82.6 cm³/mol. The van der Waals surface area contributed by atoms with Crippen LogP contribution in [0, 0.1) is 5.92 Å². The van der Waals surface area contributed by atoms with Gasteiger partial charge >= 0.3 is 0 Å². The third-order valence-electron chi connectivity index (χ3n) is 3.47. The average molecular weight is 311 g/mol. The quantitative estimate of drug-likeness (QED) is 0.787. The monoisotopic (exact) mass is 310 g/mol. The number of benzene rings is 1. The highest BCUT2D eigenvalue weighted by Gasteiger charge is 2.18. The Hall–Kier alpha value is -0.540. The SMILES string of the molecule is CC(C)CN1CCN(c2ccccc2CBr)CC1. The summed E-state index contributed by atoms with van der Waals surface area (Å²) in [5.74, 6) is 0.770. The van der Waals surface area contributed by atoms with Crippen LogP contribution < -0.4 is 4.90 Å². The summed E-state index contributed by atoms with van der Waals surface area (Å²) < 4.78 is 0. The number of hydrogen-bond donors (Lipinski definition) is 0. The summed E-state index contributed by atoms with van der Waals surface area (Å²) in [7, 11) is 0. The van der Waals surface area contributed by atoms with Crippen molar-refractivity contribution in [2.75, 3.05) is 37.6 Å². The first-order chi connectivity index (χ1) is 8.70. The molecule has 18 heavy (non-hydrogen) atoms. The Morgan fingerprint density at radius 2 is 1.78 bits per heavy atom. The normalized spacial score (nSPS) is 17.4. The Labute approximate surface area is 119 Å². The Morgan fingerprint density at radius 3 is 2.39 bits per heavy atom. The second-order valence-corrected chi connectivity index (χ2v) is 6.00. The van der Waals surface area contributed by atoms with E-state index in [0.717, 1.165) is 24.3 Å². The summed E-state index contributed by atoms with van der Waals surface area (Å²) in [5, 5.41) is 0.940. The van der Waals surface area contributed by atoms with Crippen molar-refractivity contribution in [2.24, 2.45) is 5.92 Å². The zero-order valence-electron chi connectivity index (χ0n) is 11.4. The topological polar surface area (TPSA) is 6.48 Å². The fourth-order valence-electron chi connectivity index (χ4n) is 2.62. The maximum atomic E-state index is 3.58. The highest BCUT2D eigenvalue weighted by atomic mass is 79.9. The van der Waals surface area contributed by atoms with Crippen molar-refractivity contribution >= 4 is 21.6 Å². The van der Waals surface area contributed by atoms with Gasteiger partial charge in [0.05, 0.1) is 0 Å². The molecule has 1 heterocycles. The molecule has 1 fully saturated rings. The van der Waals surface area contributed by atoms with E-state index in [1.807, 2.05) is 0 Å². The van der Waals surface area contributed by atoms with Crippen LogP contribution in [0.15, 0.2) is 24.3 Å². The van der Waals surface area contributed by atoms with Crippen LogP contribution in [0.25, 0.3) is 0 Å². The lowest BCUT2D eigenvalue weighted by Gasteiger charge is -2.37. The Kier molecular flexibility index (Phi) is 5.07. The van der Waals surface area contributed by atoms with E-state index >= 15 is 0 Å². The first kappa shape index (κ1) is 13.9. The van der Waals surface area contributed by atoms with Gasteiger partial charge in [-0.2, -0.15) is 0 Å². The van der Waals surface area contributed by atoms with Gasteiger partial charge in [0.15, 0.2) is 0 Å². The third kappa shape index (κ3) is 3.48. The van der Waals surface area contributed by atoms with Crippen molar-refractivity contribution in [3.8, 4) is 0 Å². The van der Waals surface area contributed by atoms with Crippen LogP contribution >= 0.6 is 15.9 Å². The summed E-state index contributed by atoms with van der Waals surface area (Å²) in [4.78, 5) is 5.10. The second-order valence-electron chi connectivity index (χ2n) is 5.44. The molecule has 0 unspecified atom stereocenters. The molecule has 0 radical (unpaired) electrons. The molecule has 1 aromatic carbocycles. The number of hydrogen-bond acceptors (Lipinski definition) is 2. The van der Waals surface area contributed by atoms with Crippen molar-refractivity contribution in [3.63, 3.8) is 0 Å². The Morgan fingerprint density at radius 1 is 1.11 bits per heavy atom. The van der Waals surface area contributed by atoms with Gasteiger partial charge in [-0.1, -0.05) is 48.0 Å². The van der Waals surface area contributed by atoms with E-state index < -0.39 is 0 Å². The summed E-state index contributed by atoms with van der Waals surface area (Å²) in [6.07, 6.45) is 0. The molecule has 0 saturated carbocycles. The molecular weight excluding hydrogens is 288 g/mol. The molecule has 1 aromatic rings. The predicted octanol–water partition coefficient (Wildman–Crippen LogP) is 3.36. The van der Waals surface area contributed by atoms with Crippen molar-refractivity contribution in [1.82, 2.24) is 4.90 Å². The highest BCUT2D eigenvalue weighted by Crippen LogP contribution is 2.23. The number of nitrogens with zero attached hydrogens (tertiary/aromatic N) is 2. The molecule has 1 aliphatic heterocycles. The zero-order valence-corrected chi connectivity index (χ0v) is 13.0. The summed E-state index contributed by atoms with van der Waals surface area (Å²) in [5.41, 5.74) is 2.80. The first-order valence-corrected chi connectivity index (χ1v) is 7.94. The summed E-state index contributed by atoms with van der Waals surface area (Å²) >= 11 is 3.58. The molecule has 100 valence electrons.